The van der Waals surface area contributed by atoms with Crippen molar-refractivity contribution < 1.29 is 0 Å². The predicted octanol–water partition coefficient (Wildman–Crippen LogP) is 4.04. The number of rotatable bonds is 4. The lowest BCUT2D eigenvalue weighted by Gasteiger charge is -2.40. The standard InChI is InChI=1S/C21H21ClN4/c22-19-11-12-20(24-23-19)25-13-15-26(16-14-25)21(17-7-3-1-4-8-17)18-9-5-2-6-10-18/h1-12,21H,13-16H2. The van der Waals surface area contributed by atoms with Gasteiger partial charge in [-0.3, -0.25) is 4.90 Å². The number of aromatic nitrogens is 2. The van der Waals surface area contributed by atoms with E-state index in [1.807, 2.05) is 6.07 Å². The maximum atomic E-state index is 5.85. The van der Waals surface area contributed by atoms with Gasteiger partial charge in [-0.2, -0.15) is 0 Å². The van der Waals surface area contributed by atoms with Crippen LogP contribution in [0.2, 0.25) is 5.15 Å². The first-order valence-corrected chi connectivity index (χ1v) is 9.27. The second kappa shape index (κ2) is 7.85. The quantitative estimate of drug-likeness (QED) is 0.699. The van der Waals surface area contributed by atoms with Crippen molar-refractivity contribution in [3.63, 3.8) is 0 Å². The van der Waals surface area contributed by atoms with Gasteiger partial charge >= 0.3 is 0 Å². The number of hydrogen-bond acceptors (Lipinski definition) is 4. The zero-order valence-corrected chi connectivity index (χ0v) is 15.3. The lowest BCUT2D eigenvalue weighted by Crippen LogP contribution is -2.48. The monoisotopic (exact) mass is 364 g/mol. The molecule has 0 unspecified atom stereocenters. The van der Waals surface area contributed by atoms with Crippen LogP contribution in [-0.4, -0.2) is 41.3 Å². The molecule has 1 aliphatic rings. The SMILES string of the molecule is Clc1ccc(N2CCN(C(c3ccccc3)c3ccccc3)CC2)nn1. The first-order valence-electron chi connectivity index (χ1n) is 8.89. The summed E-state index contributed by atoms with van der Waals surface area (Å²) in [5.74, 6) is 0.894. The van der Waals surface area contributed by atoms with E-state index < -0.39 is 0 Å². The molecule has 0 saturated carbocycles. The van der Waals surface area contributed by atoms with Crippen molar-refractivity contribution >= 4 is 17.4 Å². The molecule has 3 aromatic rings. The maximum absolute atomic E-state index is 5.85. The first-order chi connectivity index (χ1) is 12.8. The molecule has 0 aliphatic carbocycles. The molecular weight excluding hydrogens is 344 g/mol. The second-order valence-electron chi connectivity index (χ2n) is 6.46. The van der Waals surface area contributed by atoms with Crippen molar-refractivity contribution in [1.82, 2.24) is 15.1 Å². The maximum Gasteiger partial charge on any atom is 0.151 e. The van der Waals surface area contributed by atoms with Gasteiger partial charge in [0, 0.05) is 26.2 Å². The van der Waals surface area contributed by atoms with Gasteiger partial charge in [-0.15, -0.1) is 10.2 Å². The molecule has 0 N–H and O–H groups in total. The molecule has 1 aromatic heterocycles. The summed E-state index contributed by atoms with van der Waals surface area (Å²) in [6, 6.07) is 25.5. The molecule has 0 spiro atoms. The van der Waals surface area contributed by atoms with Crippen LogP contribution in [-0.2, 0) is 0 Å². The highest BCUT2D eigenvalue weighted by molar-refractivity contribution is 6.29. The molecule has 1 saturated heterocycles. The van der Waals surface area contributed by atoms with Gasteiger partial charge in [0.25, 0.3) is 0 Å². The smallest absolute Gasteiger partial charge is 0.151 e. The van der Waals surface area contributed by atoms with Crippen LogP contribution in [0.25, 0.3) is 0 Å². The van der Waals surface area contributed by atoms with Gasteiger partial charge < -0.3 is 4.90 Å². The molecule has 0 bridgehead atoms. The number of hydrogen-bond donors (Lipinski definition) is 0. The summed E-state index contributed by atoms with van der Waals surface area (Å²) in [7, 11) is 0. The van der Waals surface area contributed by atoms with E-state index in [0.717, 1.165) is 32.0 Å². The lowest BCUT2D eigenvalue weighted by atomic mass is 9.96. The molecule has 5 heteroatoms. The molecule has 1 fully saturated rings. The molecule has 132 valence electrons. The first kappa shape index (κ1) is 17.0. The van der Waals surface area contributed by atoms with E-state index >= 15 is 0 Å². The van der Waals surface area contributed by atoms with Gasteiger partial charge in [-0.1, -0.05) is 72.3 Å². The Morgan fingerprint density at radius 2 is 1.27 bits per heavy atom. The largest absolute Gasteiger partial charge is 0.353 e. The van der Waals surface area contributed by atoms with Crippen LogP contribution in [0.15, 0.2) is 72.8 Å². The van der Waals surface area contributed by atoms with E-state index in [2.05, 4.69) is 80.7 Å². The van der Waals surface area contributed by atoms with Crippen molar-refractivity contribution in [2.45, 2.75) is 6.04 Å². The number of anilines is 1. The summed E-state index contributed by atoms with van der Waals surface area (Å²) < 4.78 is 0. The predicted molar refractivity (Wildman–Crippen MR) is 106 cm³/mol. The number of piperazine rings is 1. The number of benzene rings is 2. The molecule has 4 nitrogen and oxygen atoms in total. The van der Waals surface area contributed by atoms with E-state index in [0.29, 0.717) is 5.15 Å². The number of nitrogens with zero attached hydrogens (tertiary/aromatic N) is 4. The minimum atomic E-state index is 0.274. The summed E-state index contributed by atoms with van der Waals surface area (Å²) in [6.45, 7) is 3.79. The zero-order valence-electron chi connectivity index (χ0n) is 14.5. The third-order valence-electron chi connectivity index (χ3n) is 4.85. The Bertz CT molecular complexity index is 776. The van der Waals surface area contributed by atoms with Gasteiger partial charge in [0.15, 0.2) is 11.0 Å². The van der Waals surface area contributed by atoms with E-state index in [1.165, 1.54) is 11.1 Å². The van der Waals surface area contributed by atoms with Crippen molar-refractivity contribution in [2.24, 2.45) is 0 Å². The fourth-order valence-electron chi connectivity index (χ4n) is 3.57. The summed E-state index contributed by atoms with van der Waals surface area (Å²) in [5.41, 5.74) is 2.66. The van der Waals surface area contributed by atoms with E-state index in [-0.39, 0.29) is 6.04 Å². The van der Waals surface area contributed by atoms with Crippen molar-refractivity contribution in [3.8, 4) is 0 Å². The second-order valence-corrected chi connectivity index (χ2v) is 6.85. The van der Waals surface area contributed by atoms with Crippen LogP contribution in [0.3, 0.4) is 0 Å². The van der Waals surface area contributed by atoms with E-state index in [9.17, 15) is 0 Å². The molecule has 0 atom stereocenters. The van der Waals surface area contributed by atoms with Gasteiger partial charge in [0.05, 0.1) is 6.04 Å². The minimum Gasteiger partial charge on any atom is -0.353 e. The topological polar surface area (TPSA) is 32.3 Å². The summed E-state index contributed by atoms with van der Waals surface area (Å²) >= 11 is 5.85. The third-order valence-corrected chi connectivity index (χ3v) is 5.05. The van der Waals surface area contributed by atoms with Crippen LogP contribution in [0.4, 0.5) is 5.82 Å². The fourth-order valence-corrected chi connectivity index (χ4v) is 3.67. The molecule has 2 heterocycles. The average molecular weight is 365 g/mol. The molecular formula is C21H21ClN4. The van der Waals surface area contributed by atoms with Crippen molar-refractivity contribution in [3.05, 3.63) is 89.1 Å². The highest BCUT2D eigenvalue weighted by atomic mass is 35.5. The van der Waals surface area contributed by atoms with Crippen molar-refractivity contribution in [1.29, 1.82) is 0 Å². The summed E-state index contributed by atoms with van der Waals surface area (Å²) in [6.07, 6.45) is 0. The normalized spacial score (nSPS) is 15.4. The Morgan fingerprint density at radius 1 is 0.692 bits per heavy atom. The van der Waals surface area contributed by atoms with Crippen LogP contribution in [0.1, 0.15) is 17.2 Å². The van der Waals surface area contributed by atoms with Crippen LogP contribution in [0, 0.1) is 0 Å². The average Bonchev–Trinajstić information content (AvgIpc) is 2.71. The Balaban J connectivity index is 1.54. The van der Waals surface area contributed by atoms with Gasteiger partial charge in [-0.05, 0) is 23.3 Å². The van der Waals surface area contributed by atoms with Crippen LogP contribution in [0.5, 0.6) is 0 Å². The highest BCUT2D eigenvalue weighted by Crippen LogP contribution is 2.30. The Hall–Kier alpha value is -2.43. The molecule has 4 rings (SSSR count). The zero-order chi connectivity index (χ0) is 17.8. The Kier molecular flexibility index (Phi) is 5.14. The third kappa shape index (κ3) is 3.71. The Labute approximate surface area is 159 Å². The molecule has 0 radical (unpaired) electrons. The molecule has 26 heavy (non-hydrogen) atoms. The molecule has 2 aromatic carbocycles. The molecule has 0 amide bonds. The van der Waals surface area contributed by atoms with Gasteiger partial charge in [0.1, 0.15) is 0 Å². The van der Waals surface area contributed by atoms with Gasteiger partial charge in [0.2, 0.25) is 0 Å². The highest BCUT2D eigenvalue weighted by Gasteiger charge is 2.26. The fraction of sp³-hybridized carbons (Fsp3) is 0.238. The summed E-state index contributed by atoms with van der Waals surface area (Å²) in [5, 5.41) is 8.61. The van der Waals surface area contributed by atoms with E-state index in [4.69, 9.17) is 11.6 Å². The number of halogens is 1. The van der Waals surface area contributed by atoms with Crippen molar-refractivity contribution in [2.75, 3.05) is 31.1 Å². The van der Waals surface area contributed by atoms with Gasteiger partial charge in [-0.25, -0.2) is 0 Å². The van der Waals surface area contributed by atoms with Crippen LogP contribution < -0.4 is 4.90 Å². The molecule has 1 aliphatic heterocycles. The lowest BCUT2D eigenvalue weighted by molar-refractivity contribution is 0.212. The Morgan fingerprint density at radius 3 is 1.77 bits per heavy atom. The minimum absolute atomic E-state index is 0.274. The summed E-state index contributed by atoms with van der Waals surface area (Å²) in [4.78, 5) is 4.82. The van der Waals surface area contributed by atoms with E-state index in [1.54, 1.807) is 6.07 Å². The van der Waals surface area contributed by atoms with Crippen LogP contribution >= 0.6 is 11.6 Å².